The summed E-state index contributed by atoms with van der Waals surface area (Å²) in [4.78, 5) is 11.8. The van der Waals surface area contributed by atoms with Crippen molar-refractivity contribution in [2.45, 2.75) is 50.8 Å². The maximum atomic E-state index is 11.8. The molecule has 106 valence electrons. The highest BCUT2D eigenvalue weighted by Gasteiger charge is 2.57. The van der Waals surface area contributed by atoms with Gasteiger partial charge in [0.1, 0.15) is 0 Å². The van der Waals surface area contributed by atoms with E-state index in [1.807, 2.05) is 13.8 Å². The highest BCUT2D eigenvalue weighted by atomic mass is 16.8. The van der Waals surface area contributed by atoms with Gasteiger partial charge >= 0.3 is 5.97 Å². The lowest BCUT2D eigenvalue weighted by Gasteiger charge is -2.33. The molecule has 5 atom stereocenters. The summed E-state index contributed by atoms with van der Waals surface area (Å²) >= 11 is 0. The van der Waals surface area contributed by atoms with Crippen LogP contribution in [0, 0.1) is 11.8 Å². The number of fused-ring (bicyclic) bond motifs is 3. The van der Waals surface area contributed by atoms with Crippen molar-refractivity contribution in [1.29, 1.82) is 0 Å². The van der Waals surface area contributed by atoms with Crippen molar-refractivity contribution in [1.82, 2.24) is 0 Å². The summed E-state index contributed by atoms with van der Waals surface area (Å²) in [5.74, 6) is -1.01. The maximum absolute atomic E-state index is 11.8. The van der Waals surface area contributed by atoms with E-state index in [1.54, 1.807) is 6.08 Å². The van der Waals surface area contributed by atoms with Crippen LogP contribution < -0.4 is 0 Å². The molecular weight excluding hydrogens is 248 g/mol. The molecule has 3 rings (SSSR count). The first kappa shape index (κ1) is 13.1. The van der Waals surface area contributed by atoms with Gasteiger partial charge in [-0.05, 0) is 26.7 Å². The van der Waals surface area contributed by atoms with Gasteiger partial charge in [0.05, 0.1) is 25.4 Å². The Morgan fingerprint density at radius 3 is 2.89 bits per heavy atom. The highest BCUT2D eigenvalue weighted by Crippen LogP contribution is 2.50. The molecular formula is C14H20O5. The Morgan fingerprint density at radius 2 is 2.21 bits per heavy atom. The van der Waals surface area contributed by atoms with Crippen molar-refractivity contribution in [2.75, 3.05) is 7.11 Å². The third-order valence-electron chi connectivity index (χ3n) is 4.40. The zero-order valence-corrected chi connectivity index (χ0v) is 11.5. The number of hydrogen-bond donors (Lipinski definition) is 1. The third-order valence-corrected chi connectivity index (χ3v) is 4.40. The molecule has 0 amide bonds. The Kier molecular flexibility index (Phi) is 2.96. The fourth-order valence-corrected chi connectivity index (χ4v) is 3.74. The number of rotatable bonds is 1. The van der Waals surface area contributed by atoms with Crippen LogP contribution in [0.3, 0.4) is 0 Å². The van der Waals surface area contributed by atoms with Gasteiger partial charge in [-0.25, -0.2) is 4.79 Å². The molecule has 2 fully saturated rings. The largest absolute Gasteiger partial charge is 0.466 e. The van der Waals surface area contributed by atoms with E-state index >= 15 is 0 Å². The van der Waals surface area contributed by atoms with Crippen molar-refractivity contribution < 1.29 is 24.1 Å². The zero-order valence-electron chi connectivity index (χ0n) is 11.5. The topological polar surface area (TPSA) is 65.0 Å². The van der Waals surface area contributed by atoms with Crippen molar-refractivity contribution in [3.05, 3.63) is 11.6 Å². The van der Waals surface area contributed by atoms with Gasteiger partial charge in [-0.15, -0.1) is 0 Å². The van der Waals surface area contributed by atoms with Gasteiger partial charge in [-0.2, -0.15) is 0 Å². The Labute approximate surface area is 112 Å². The Balaban J connectivity index is 1.87. The van der Waals surface area contributed by atoms with Gasteiger partial charge in [0.15, 0.2) is 5.79 Å². The number of hydrogen-bond acceptors (Lipinski definition) is 5. The van der Waals surface area contributed by atoms with Crippen LogP contribution >= 0.6 is 0 Å². The second-order valence-corrected chi connectivity index (χ2v) is 6.01. The molecule has 0 bridgehead atoms. The number of carbonyl (C=O) groups excluding carboxylic acids is 1. The molecule has 0 aromatic carbocycles. The van der Waals surface area contributed by atoms with Gasteiger partial charge in [0, 0.05) is 17.4 Å². The maximum Gasteiger partial charge on any atom is 0.333 e. The molecule has 0 aromatic rings. The molecule has 1 heterocycles. The minimum atomic E-state index is -0.605. The van der Waals surface area contributed by atoms with E-state index in [1.165, 1.54) is 7.11 Å². The summed E-state index contributed by atoms with van der Waals surface area (Å²) in [5.41, 5.74) is 0.664. The van der Waals surface area contributed by atoms with E-state index in [9.17, 15) is 9.90 Å². The van der Waals surface area contributed by atoms with Crippen LogP contribution in [0.25, 0.3) is 0 Å². The van der Waals surface area contributed by atoms with Crippen LogP contribution in [-0.2, 0) is 19.0 Å². The summed E-state index contributed by atoms with van der Waals surface area (Å²) < 4.78 is 16.6. The van der Waals surface area contributed by atoms with Gasteiger partial charge < -0.3 is 19.3 Å². The van der Waals surface area contributed by atoms with E-state index in [4.69, 9.17) is 14.2 Å². The Morgan fingerprint density at radius 1 is 1.47 bits per heavy atom. The monoisotopic (exact) mass is 268 g/mol. The second-order valence-electron chi connectivity index (χ2n) is 6.01. The molecule has 5 unspecified atom stereocenters. The molecule has 5 heteroatoms. The van der Waals surface area contributed by atoms with E-state index in [2.05, 4.69) is 0 Å². The fourth-order valence-electron chi connectivity index (χ4n) is 3.74. The van der Waals surface area contributed by atoms with E-state index in [0.29, 0.717) is 18.4 Å². The minimum absolute atomic E-state index is 0.0256. The number of aliphatic hydroxyl groups excluding tert-OH is 1. The molecule has 0 radical (unpaired) electrons. The SMILES string of the molecule is COC(=O)C1=CCC(O)C2C1CC1OC(C)(C)OC12. The lowest BCUT2D eigenvalue weighted by molar-refractivity contribution is -0.165. The molecule has 1 aliphatic heterocycles. The zero-order chi connectivity index (χ0) is 13.8. The molecule has 1 saturated carbocycles. The molecule has 1 N–H and O–H groups in total. The van der Waals surface area contributed by atoms with Crippen molar-refractivity contribution in [3.63, 3.8) is 0 Å². The first-order valence-corrected chi connectivity index (χ1v) is 6.75. The molecule has 1 saturated heterocycles. The summed E-state index contributed by atoms with van der Waals surface area (Å²) in [6, 6.07) is 0. The predicted octanol–water partition coefficient (Wildman–Crippen LogP) is 1.01. The number of aliphatic hydroxyl groups is 1. The third kappa shape index (κ3) is 2.00. The standard InChI is InChI=1S/C14H20O5/c1-14(2)18-10-6-8-7(13(16)17-3)4-5-9(15)11(8)12(10)19-14/h4,8-12,15H,5-6H2,1-3H3. The lowest BCUT2D eigenvalue weighted by atomic mass is 9.78. The van der Waals surface area contributed by atoms with E-state index in [-0.39, 0.29) is 30.0 Å². The molecule has 5 nitrogen and oxygen atoms in total. The minimum Gasteiger partial charge on any atom is -0.466 e. The normalized spacial score (nSPS) is 43.4. The Bertz CT molecular complexity index is 428. The van der Waals surface area contributed by atoms with Crippen molar-refractivity contribution in [2.24, 2.45) is 11.8 Å². The van der Waals surface area contributed by atoms with Crippen LogP contribution in [0.4, 0.5) is 0 Å². The first-order valence-electron chi connectivity index (χ1n) is 6.75. The average molecular weight is 268 g/mol. The average Bonchev–Trinajstić information content (AvgIpc) is 2.80. The smallest absolute Gasteiger partial charge is 0.333 e. The molecule has 3 aliphatic rings. The summed E-state index contributed by atoms with van der Waals surface area (Å²) in [7, 11) is 1.38. The molecule has 19 heavy (non-hydrogen) atoms. The number of methoxy groups -OCH3 is 1. The molecule has 0 aromatic heterocycles. The number of carbonyl (C=O) groups is 1. The van der Waals surface area contributed by atoms with Crippen molar-refractivity contribution >= 4 is 5.97 Å². The first-order chi connectivity index (χ1) is 8.93. The number of ether oxygens (including phenoxy) is 3. The van der Waals surface area contributed by atoms with Crippen LogP contribution in [0.15, 0.2) is 11.6 Å². The van der Waals surface area contributed by atoms with Gasteiger partial charge in [-0.1, -0.05) is 6.08 Å². The predicted molar refractivity (Wildman–Crippen MR) is 66.1 cm³/mol. The molecule has 2 aliphatic carbocycles. The van der Waals surface area contributed by atoms with E-state index < -0.39 is 11.9 Å². The summed E-state index contributed by atoms with van der Waals surface area (Å²) in [6.45, 7) is 3.76. The highest BCUT2D eigenvalue weighted by molar-refractivity contribution is 5.89. The fraction of sp³-hybridized carbons (Fsp3) is 0.786. The van der Waals surface area contributed by atoms with Crippen LogP contribution in [-0.4, -0.2) is 42.3 Å². The van der Waals surface area contributed by atoms with Gasteiger partial charge in [-0.3, -0.25) is 0 Å². The van der Waals surface area contributed by atoms with E-state index in [0.717, 1.165) is 0 Å². The quantitative estimate of drug-likeness (QED) is 0.719. The molecule has 0 spiro atoms. The van der Waals surface area contributed by atoms with Gasteiger partial charge in [0.2, 0.25) is 0 Å². The number of esters is 1. The second kappa shape index (κ2) is 4.30. The van der Waals surface area contributed by atoms with Crippen LogP contribution in [0.5, 0.6) is 0 Å². The summed E-state index contributed by atoms with van der Waals surface area (Å²) in [6.07, 6.45) is 2.30. The van der Waals surface area contributed by atoms with Gasteiger partial charge in [0.25, 0.3) is 0 Å². The van der Waals surface area contributed by atoms with Crippen LogP contribution in [0.2, 0.25) is 0 Å². The van der Waals surface area contributed by atoms with Crippen LogP contribution in [0.1, 0.15) is 26.7 Å². The Hall–Kier alpha value is -0.910. The lowest BCUT2D eigenvalue weighted by Crippen LogP contribution is -2.39. The van der Waals surface area contributed by atoms with Crippen molar-refractivity contribution in [3.8, 4) is 0 Å². The summed E-state index contributed by atoms with van der Waals surface area (Å²) in [5, 5.41) is 10.2.